The second kappa shape index (κ2) is 3.80. The van der Waals surface area contributed by atoms with Gasteiger partial charge in [0.15, 0.2) is 5.76 Å². The van der Waals surface area contributed by atoms with Crippen molar-refractivity contribution >= 4 is 16.8 Å². The quantitative estimate of drug-likeness (QED) is 0.644. The van der Waals surface area contributed by atoms with Gasteiger partial charge in [0.05, 0.1) is 6.20 Å². The van der Waals surface area contributed by atoms with E-state index in [4.69, 9.17) is 4.42 Å². The molecule has 0 amide bonds. The summed E-state index contributed by atoms with van der Waals surface area (Å²) in [6.07, 6.45) is 1.43. The van der Waals surface area contributed by atoms with Crippen molar-refractivity contribution in [3.05, 3.63) is 47.5 Å². The van der Waals surface area contributed by atoms with Gasteiger partial charge in [0, 0.05) is 12.4 Å². The molecule has 0 spiro atoms. The van der Waals surface area contributed by atoms with Crippen LogP contribution in [0.25, 0.3) is 11.0 Å². The van der Waals surface area contributed by atoms with Crippen LogP contribution >= 0.6 is 0 Å². The Morgan fingerprint density at radius 1 is 1.33 bits per heavy atom. The largest absolute Gasteiger partial charge is 0.453 e. The summed E-state index contributed by atoms with van der Waals surface area (Å²) in [5.41, 5.74) is 2.24. The van der Waals surface area contributed by atoms with Gasteiger partial charge in [-0.1, -0.05) is 16.8 Å². The lowest BCUT2D eigenvalue weighted by molar-refractivity contribution is 0.100. The molecule has 5 nitrogen and oxygen atoms in total. The number of aromatic nitrogens is 3. The molecule has 0 saturated carbocycles. The van der Waals surface area contributed by atoms with E-state index in [0.29, 0.717) is 17.0 Å². The van der Waals surface area contributed by atoms with Crippen LogP contribution in [0.2, 0.25) is 0 Å². The summed E-state index contributed by atoms with van der Waals surface area (Å²) in [6, 6.07) is 7.55. The molecule has 2 heterocycles. The smallest absolute Gasteiger partial charge is 0.247 e. The van der Waals surface area contributed by atoms with Gasteiger partial charge in [-0.15, -0.1) is 5.10 Å². The first-order valence-electron chi connectivity index (χ1n) is 5.55. The van der Waals surface area contributed by atoms with E-state index >= 15 is 0 Å². The van der Waals surface area contributed by atoms with Crippen molar-refractivity contribution in [1.82, 2.24) is 15.0 Å². The normalized spacial score (nSPS) is 11.0. The number of ketones is 1. The summed E-state index contributed by atoms with van der Waals surface area (Å²) in [7, 11) is 1.67. The molecule has 0 bridgehead atoms. The lowest BCUT2D eigenvalue weighted by Crippen LogP contribution is -2.07. The van der Waals surface area contributed by atoms with Crippen molar-refractivity contribution in [2.75, 3.05) is 0 Å². The van der Waals surface area contributed by atoms with Crippen molar-refractivity contribution < 1.29 is 9.21 Å². The van der Waals surface area contributed by atoms with Gasteiger partial charge in [-0.25, -0.2) is 4.68 Å². The third-order valence-electron chi connectivity index (χ3n) is 2.84. The molecule has 3 aromatic rings. The van der Waals surface area contributed by atoms with E-state index < -0.39 is 0 Å². The Morgan fingerprint density at radius 2 is 2.17 bits per heavy atom. The SMILES string of the molecule is Cc1ccc2oc(C(=O)c3cnnn3C)cc2c1. The molecule has 0 fully saturated rings. The molecule has 0 aliphatic rings. The monoisotopic (exact) mass is 241 g/mol. The number of hydrogen-bond acceptors (Lipinski definition) is 4. The van der Waals surface area contributed by atoms with Gasteiger partial charge >= 0.3 is 0 Å². The molecule has 3 rings (SSSR count). The molecule has 0 aliphatic carbocycles. The van der Waals surface area contributed by atoms with Crippen LogP contribution < -0.4 is 0 Å². The Bertz CT molecular complexity index is 740. The maximum absolute atomic E-state index is 12.2. The van der Waals surface area contributed by atoms with Crippen LogP contribution in [0.5, 0.6) is 0 Å². The Balaban J connectivity index is 2.10. The number of fused-ring (bicyclic) bond motifs is 1. The highest BCUT2D eigenvalue weighted by Crippen LogP contribution is 2.22. The fourth-order valence-corrected chi connectivity index (χ4v) is 1.90. The van der Waals surface area contributed by atoms with Crippen LogP contribution in [0, 0.1) is 6.92 Å². The molecule has 0 radical (unpaired) electrons. The van der Waals surface area contributed by atoms with E-state index in [1.54, 1.807) is 13.1 Å². The second-order valence-electron chi connectivity index (χ2n) is 4.22. The first-order valence-corrected chi connectivity index (χ1v) is 5.55. The highest BCUT2D eigenvalue weighted by Gasteiger charge is 2.18. The Morgan fingerprint density at radius 3 is 2.89 bits per heavy atom. The lowest BCUT2D eigenvalue weighted by Gasteiger charge is -1.95. The fraction of sp³-hybridized carbons (Fsp3) is 0.154. The van der Waals surface area contributed by atoms with E-state index in [1.165, 1.54) is 10.9 Å². The predicted molar refractivity (Wildman–Crippen MR) is 65.4 cm³/mol. The average molecular weight is 241 g/mol. The third kappa shape index (κ3) is 1.60. The van der Waals surface area contributed by atoms with Crippen molar-refractivity contribution in [2.45, 2.75) is 6.92 Å². The van der Waals surface area contributed by atoms with E-state index in [2.05, 4.69) is 10.3 Å². The summed E-state index contributed by atoms with van der Waals surface area (Å²) in [5.74, 6) is 0.0948. The zero-order valence-corrected chi connectivity index (χ0v) is 10.0. The number of aryl methyl sites for hydroxylation is 2. The summed E-state index contributed by atoms with van der Waals surface area (Å²) in [6.45, 7) is 2.00. The molecule has 0 N–H and O–H groups in total. The Labute approximate surface area is 103 Å². The standard InChI is InChI=1S/C13H11N3O2/c1-8-3-4-11-9(5-8)6-12(18-11)13(17)10-7-14-15-16(10)2/h3-7H,1-2H3. The van der Waals surface area contributed by atoms with Crippen LogP contribution in [0.1, 0.15) is 21.8 Å². The molecule has 0 saturated heterocycles. The maximum atomic E-state index is 12.2. The minimum atomic E-state index is -0.212. The number of furan rings is 1. The average Bonchev–Trinajstić information content (AvgIpc) is 2.93. The number of rotatable bonds is 2. The molecule has 5 heteroatoms. The van der Waals surface area contributed by atoms with E-state index in [1.807, 2.05) is 25.1 Å². The van der Waals surface area contributed by atoms with Crippen LogP contribution in [0.3, 0.4) is 0 Å². The van der Waals surface area contributed by atoms with Crippen LogP contribution in [0.4, 0.5) is 0 Å². The Hall–Kier alpha value is -2.43. The van der Waals surface area contributed by atoms with Crippen LogP contribution in [-0.2, 0) is 7.05 Å². The minimum absolute atomic E-state index is 0.212. The zero-order chi connectivity index (χ0) is 12.7. The highest BCUT2D eigenvalue weighted by atomic mass is 16.3. The number of nitrogens with zero attached hydrogens (tertiary/aromatic N) is 3. The van der Waals surface area contributed by atoms with Gasteiger partial charge in [0.1, 0.15) is 11.3 Å². The fourth-order valence-electron chi connectivity index (χ4n) is 1.90. The van der Waals surface area contributed by atoms with Crippen LogP contribution in [-0.4, -0.2) is 20.8 Å². The molecule has 18 heavy (non-hydrogen) atoms. The predicted octanol–water partition coefficient (Wildman–Crippen LogP) is 2.10. The van der Waals surface area contributed by atoms with Crippen LogP contribution in [0.15, 0.2) is 34.9 Å². The van der Waals surface area contributed by atoms with E-state index in [-0.39, 0.29) is 5.78 Å². The van der Waals surface area contributed by atoms with Crippen molar-refractivity contribution in [2.24, 2.45) is 7.05 Å². The first-order chi connectivity index (χ1) is 8.65. The van der Waals surface area contributed by atoms with Gasteiger partial charge in [0.25, 0.3) is 0 Å². The molecule has 0 atom stereocenters. The number of benzene rings is 1. The first kappa shape index (κ1) is 10.7. The zero-order valence-electron chi connectivity index (χ0n) is 10.0. The van der Waals surface area contributed by atoms with Gasteiger partial charge in [0.2, 0.25) is 5.78 Å². The second-order valence-corrected chi connectivity index (χ2v) is 4.22. The third-order valence-corrected chi connectivity index (χ3v) is 2.84. The molecule has 0 unspecified atom stereocenters. The van der Waals surface area contributed by atoms with Gasteiger partial charge in [-0.3, -0.25) is 4.79 Å². The summed E-state index contributed by atoms with van der Waals surface area (Å²) in [5, 5.41) is 8.35. The molecular weight excluding hydrogens is 230 g/mol. The van der Waals surface area contributed by atoms with Crippen molar-refractivity contribution in [3.8, 4) is 0 Å². The number of hydrogen-bond donors (Lipinski definition) is 0. The molecule has 1 aromatic carbocycles. The van der Waals surface area contributed by atoms with Crippen molar-refractivity contribution in [1.29, 1.82) is 0 Å². The topological polar surface area (TPSA) is 60.9 Å². The number of carbonyl (C=O) groups is 1. The number of carbonyl (C=O) groups excluding carboxylic acids is 1. The summed E-state index contributed by atoms with van der Waals surface area (Å²) in [4.78, 5) is 12.2. The van der Waals surface area contributed by atoms with E-state index in [9.17, 15) is 4.79 Å². The van der Waals surface area contributed by atoms with Gasteiger partial charge in [-0.2, -0.15) is 0 Å². The minimum Gasteiger partial charge on any atom is -0.453 e. The lowest BCUT2D eigenvalue weighted by atomic mass is 10.1. The highest BCUT2D eigenvalue weighted by molar-refractivity contribution is 6.07. The molecular formula is C13H11N3O2. The Kier molecular flexibility index (Phi) is 2.26. The van der Waals surface area contributed by atoms with Gasteiger partial charge in [-0.05, 0) is 25.1 Å². The molecule has 90 valence electrons. The summed E-state index contributed by atoms with van der Waals surface area (Å²) >= 11 is 0. The molecule has 0 aliphatic heterocycles. The van der Waals surface area contributed by atoms with Gasteiger partial charge < -0.3 is 4.42 Å². The molecule has 2 aromatic heterocycles. The summed E-state index contributed by atoms with van der Waals surface area (Å²) < 4.78 is 6.98. The van der Waals surface area contributed by atoms with Crippen molar-refractivity contribution in [3.63, 3.8) is 0 Å². The maximum Gasteiger partial charge on any atom is 0.247 e. The van der Waals surface area contributed by atoms with E-state index in [0.717, 1.165) is 10.9 Å².